The van der Waals surface area contributed by atoms with E-state index in [0.717, 1.165) is 49.0 Å². The van der Waals surface area contributed by atoms with Crippen molar-refractivity contribution in [3.8, 4) is 0 Å². The summed E-state index contributed by atoms with van der Waals surface area (Å²) in [6, 6.07) is 8.76. The van der Waals surface area contributed by atoms with E-state index >= 15 is 0 Å². The van der Waals surface area contributed by atoms with E-state index in [1.54, 1.807) is 0 Å². The molecule has 0 aliphatic carbocycles. The zero-order valence-electron chi connectivity index (χ0n) is 13.0. The van der Waals surface area contributed by atoms with E-state index in [0.29, 0.717) is 0 Å². The van der Waals surface area contributed by atoms with Gasteiger partial charge in [-0.25, -0.2) is 9.97 Å². The molecule has 4 heteroatoms. The van der Waals surface area contributed by atoms with Crippen molar-refractivity contribution in [3.63, 3.8) is 0 Å². The van der Waals surface area contributed by atoms with Crippen molar-refractivity contribution < 1.29 is 0 Å². The average Bonchev–Trinajstić information content (AvgIpc) is 2.72. The summed E-state index contributed by atoms with van der Waals surface area (Å²) < 4.78 is 0. The molecule has 0 unspecified atom stereocenters. The summed E-state index contributed by atoms with van der Waals surface area (Å²) in [5.74, 6) is 2.82. The smallest absolute Gasteiger partial charge is 0.137 e. The van der Waals surface area contributed by atoms with Crippen LogP contribution < -0.4 is 10.2 Å². The molecule has 0 amide bonds. The second kappa shape index (κ2) is 5.72. The van der Waals surface area contributed by atoms with Gasteiger partial charge in [0.2, 0.25) is 0 Å². The van der Waals surface area contributed by atoms with Crippen LogP contribution in [0.1, 0.15) is 22.5 Å². The predicted molar refractivity (Wildman–Crippen MR) is 87.1 cm³/mol. The normalized spacial score (nSPS) is 14.5. The molecule has 0 bridgehead atoms. The Bertz CT molecular complexity index is 624. The minimum Gasteiger partial charge on any atom is -0.373 e. The maximum atomic E-state index is 4.68. The van der Waals surface area contributed by atoms with Crippen molar-refractivity contribution in [3.05, 3.63) is 46.8 Å². The number of nitrogens with zero attached hydrogens (tertiary/aromatic N) is 3. The largest absolute Gasteiger partial charge is 0.373 e. The molecular weight excluding hydrogens is 260 g/mol. The van der Waals surface area contributed by atoms with Crippen LogP contribution in [0.2, 0.25) is 0 Å². The first-order chi connectivity index (χ1) is 10.2. The molecule has 0 saturated carbocycles. The van der Waals surface area contributed by atoms with Crippen LogP contribution in [0.5, 0.6) is 0 Å². The molecule has 3 rings (SSSR count). The highest BCUT2D eigenvalue weighted by Gasteiger charge is 2.18. The molecule has 110 valence electrons. The maximum absolute atomic E-state index is 4.68. The Morgan fingerprint density at radius 1 is 1.00 bits per heavy atom. The molecule has 1 aliphatic rings. The standard InChI is InChI=1S/C17H22N4/c1-12-16(18-3)19-13(2)20-17(12)21-10-8-14-6-4-5-7-15(14)9-11-21/h4-7H,8-11H2,1-3H3,(H,18,19,20). The van der Waals surface area contributed by atoms with Gasteiger partial charge in [0.15, 0.2) is 0 Å². The van der Waals surface area contributed by atoms with E-state index < -0.39 is 0 Å². The fraction of sp³-hybridized carbons (Fsp3) is 0.412. The lowest BCUT2D eigenvalue weighted by atomic mass is 10.0. The summed E-state index contributed by atoms with van der Waals surface area (Å²) in [7, 11) is 1.91. The quantitative estimate of drug-likeness (QED) is 0.919. The molecule has 0 saturated heterocycles. The maximum Gasteiger partial charge on any atom is 0.137 e. The SMILES string of the molecule is CNc1nc(C)nc(N2CCc3ccccc3CC2)c1C. The highest BCUT2D eigenvalue weighted by atomic mass is 15.2. The molecular formula is C17H22N4. The van der Waals surface area contributed by atoms with Crippen molar-refractivity contribution in [2.24, 2.45) is 0 Å². The summed E-state index contributed by atoms with van der Waals surface area (Å²) >= 11 is 0. The Morgan fingerprint density at radius 3 is 2.19 bits per heavy atom. The number of aryl methyl sites for hydroxylation is 1. The Kier molecular flexibility index (Phi) is 3.78. The number of hydrogen-bond donors (Lipinski definition) is 1. The van der Waals surface area contributed by atoms with Gasteiger partial charge in [0, 0.05) is 25.7 Å². The summed E-state index contributed by atoms with van der Waals surface area (Å²) in [5.41, 5.74) is 4.07. The number of fused-ring (bicyclic) bond motifs is 1. The third-order valence-corrected chi connectivity index (χ3v) is 4.19. The minimum absolute atomic E-state index is 0.821. The minimum atomic E-state index is 0.821. The molecule has 4 nitrogen and oxygen atoms in total. The van der Waals surface area contributed by atoms with Crippen molar-refractivity contribution >= 4 is 11.6 Å². The second-order valence-electron chi connectivity index (χ2n) is 5.57. The summed E-state index contributed by atoms with van der Waals surface area (Å²) in [5, 5.41) is 3.17. The van der Waals surface area contributed by atoms with E-state index in [-0.39, 0.29) is 0 Å². The lowest BCUT2D eigenvalue weighted by Gasteiger charge is -2.24. The van der Waals surface area contributed by atoms with Gasteiger partial charge in [-0.2, -0.15) is 0 Å². The van der Waals surface area contributed by atoms with Crippen molar-refractivity contribution in [1.29, 1.82) is 0 Å². The van der Waals surface area contributed by atoms with Crippen LogP contribution >= 0.6 is 0 Å². The monoisotopic (exact) mass is 282 g/mol. The molecule has 2 heterocycles. The van der Waals surface area contributed by atoms with Crippen LogP contribution in [-0.4, -0.2) is 30.1 Å². The highest BCUT2D eigenvalue weighted by molar-refractivity contribution is 5.58. The van der Waals surface area contributed by atoms with Gasteiger partial charge in [-0.05, 0) is 37.8 Å². The number of benzene rings is 1. The van der Waals surface area contributed by atoms with Gasteiger partial charge in [-0.15, -0.1) is 0 Å². The number of hydrogen-bond acceptors (Lipinski definition) is 4. The van der Waals surface area contributed by atoms with Crippen molar-refractivity contribution in [1.82, 2.24) is 9.97 Å². The van der Waals surface area contributed by atoms with Gasteiger partial charge in [0.1, 0.15) is 17.5 Å². The molecule has 1 aliphatic heterocycles. The average molecular weight is 282 g/mol. The van der Waals surface area contributed by atoms with E-state index in [2.05, 4.69) is 51.4 Å². The number of nitrogens with one attached hydrogen (secondary N) is 1. The molecule has 0 spiro atoms. The Hall–Kier alpha value is -2.10. The fourth-order valence-electron chi connectivity index (χ4n) is 3.04. The van der Waals surface area contributed by atoms with Gasteiger partial charge in [-0.3, -0.25) is 0 Å². The van der Waals surface area contributed by atoms with E-state index in [9.17, 15) is 0 Å². The first kappa shape index (κ1) is 13.9. The van der Waals surface area contributed by atoms with Gasteiger partial charge in [-0.1, -0.05) is 24.3 Å². The highest BCUT2D eigenvalue weighted by Crippen LogP contribution is 2.26. The van der Waals surface area contributed by atoms with Gasteiger partial charge in [0.05, 0.1) is 0 Å². The topological polar surface area (TPSA) is 41.1 Å². The first-order valence-electron chi connectivity index (χ1n) is 7.53. The second-order valence-corrected chi connectivity index (χ2v) is 5.57. The first-order valence-corrected chi connectivity index (χ1v) is 7.53. The predicted octanol–water partition coefficient (Wildman–Crippen LogP) is 2.74. The molecule has 0 radical (unpaired) electrons. The molecule has 2 aromatic rings. The lowest BCUT2D eigenvalue weighted by Crippen LogP contribution is -2.28. The zero-order valence-corrected chi connectivity index (χ0v) is 13.0. The van der Waals surface area contributed by atoms with E-state index in [4.69, 9.17) is 0 Å². The molecule has 1 aromatic heterocycles. The van der Waals surface area contributed by atoms with Crippen LogP contribution in [0, 0.1) is 13.8 Å². The molecule has 21 heavy (non-hydrogen) atoms. The van der Waals surface area contributed by atoms with Crippen molar-refractivity contribution in [2.45, 2.75) is 26.7 Å². The Labute approximate surface area is 126 Å². The Morgan fingerprint density at radius 2 is 1.62 bits per heavy atom. The van der Waals surface area contributed by atoms with E-state index in [1.807, 2.05) is 14.0 Å². The summed E-state index contributed by atoms with van der Waals surface area (Å²) in [4.78, 5) is 11.5. The van der Waals surface area contributed by atoms with Crippen molar-refractivity contribution in [2.75, 3.05) is 30.4 Å². The number of anilines is 2. The number of aromatic nitrogens is 2. The summed E-state index contributed by atoms with van der Waals surface area (Å²) in [6.45, 7) is 6.07. The van der Waals surface area contributed by atoms with Gasteiger partial charge in [0.25, 0.3) is 0 Å². The number of rotatable bonds is 2. The Balaban J connectivity index is 1.91. The molecule has 0 atom stereocenters. The summed E-state index contributed by atoms with van der Waals surface area (Å²) in [6.07, 6.45) is 2.15. The third-order valence-electron chi connectivity index (χ3n) is 4.19. The lowest BCUT2D eigenvalue weighted by molar-refractivity contribution is 0.779. The van der Waals surface area contributed by atoms with Crippen LogP contribution in [0.25, 0.3) is 0 Å². The van der Waals surface area contributed by atoms with Crippen LogP contribution in [-0.2, 0) is 12.8 Å². The van der Waals surface area contributed by atoms with Crippen LogP contribution in [0.15, 0.2) is 24.3 Å². The third kappa shape index (κ3) is 2.71. The zero-order chi connectivity index (χ0) is 14.8. The fourth-order valence-corrected chi connectivity index (χ4v) is 3.04. The van der Waals surface area contributed by atoms with Crippen LogP contribution in [0.3, 0.4) is 0 Å². The molecule has 0 fully saturated rings. The molecule has 1 aromatic carbocycles. The van der Waals surface area contributed by atoms with E-state index in [1.165, 1.54) is 11.1 Å². The van der Waals surface area contributed by atoms with Gasteiger partial charge < -0.3 is 10.2 Å². The van der Waals surface area contributed by atoms with Gasteiger partial charge >= 0.3 is 0 Å². The van der Waals surface area contributed by atoms with Crippen LogP contribution in [0.4, 0.5) is 11.6 Å². The molecule has 1 N–H and O–H groups in total.